The second-order valence-corrected chi connectivity index (χ2v) is 4.95. The Morgan fingerprint density at radius 3 is 3.08 bits per heavy atom. The minimum absolute atomic E-state index is 0.508. The quantitative estimate of drug-likeness (QED) is 0.582. The van der Waals surface area contributed by atoms with E-state index in [-0.39, 0.29) is 0 Å². The summed E-state index contributed by atoms with van der Waals surface area (Å²) in [6.07, 6.45) is 4.51. The van der Waals surface area contributed by atoms with Gasteiger partial charge in [-0.05, 0) is 25.8 Å². The average Bonchev–Trinajstić information content (AvgIpc) is 2.50. The molecule has 2 heterocycles. The highest BCUT2D eigenvalue weighted by Gasteiger charge is 2.40. The molecule has 0 unspecified atom stereocenters. The Balaban J connectivity index is 1.94. The van der Waals surface area contributed by atoms with Crippen LogP contribution in [-0.4, -0.2) is 30.2 Å². The Kier molecular flexibility index (Phi) is 2.92. The highest BCUT2D eigenvalue weighted by Crippen LogP contribution is 2.38. The zero-order chi connectivity index (χ0) is 8.44. The van der Waals surface area contributed by atoms with E-state index in [1.807, 2.05) is 0 Å². The SMILES string of the molecule is IC[C@@H]1C[C@@]2(CCCNC2)CO1. The van der Waals surface area contributed by atoms with Crippen molar-refractivity contribution in [2.75, 3.05) is 24.1 Å². The van der Waals surface area contributed by atoms with Crippen molar-refractivity contribution in [1.29, 1.82) is 0 Å². The first kappa shape index (κ1) is 9.21. The van der Waals surface area contributed by atoms with Gasteiger partial charge < -0.3 is 10.1 Å². The summed E-state index contributed by atoms with van der Waals surface area (Å²) >= 11 is 2.42. The van der Waals surface area contributed by atoms with Crippen LogP contribution < -0.4 is 5.32 Å². The molecule has 2 aliphatic heterocycles. The third-order valence-corrected chi connectivity index (χ3v) is 4.00. The van der Waals surface area contributed by atoms with Gasteiger partial charge in [-0.1, -0.05) is 22.6 Å². The van der Waals surface area contributed by atoms with E-state index in [1.54, 1.807) is 0 Å². The molecular formula is C9H16INO. The molecule has 0 radical (unpaired) electrons. The standard InChI is InChI=1S/C9H16INO/c10-5-8-4-9(7-12-8)2-1-3-11-6-9/h8,11H,1-7H2/t8-,9+/m0/s1. The Morgan fingerprint density at radius 1 is 1.58 bits per heavy atom. The van der Waals surface area contributed by atoms with Crippen LogP contribution in [0.5, 0.6) is 0 Å². The molecule has 2 rings (SSSR count). The topological polar surface area (TPSA) is 21.3 Å². The van der Waals surface area contributed by atoms with Crippen LogP contribution in [0.2, 0.25) is 0 Å². The summed E-state index contributed by atoms with van der Waals surface area (Å²) in [4.78, 5) is 0. The number of rotatable bonds is 1. The summed E-state index contributed by atoms with van der Waals surface area (Å²) in [6.45, 7) is 3.38. The molecule has 70 valence electrons. The van der Waals surface area contributed by atoms with Crippen LogP contribution in [0.3, 0.4) is 0 Å². The summed E-state index contributed by atoms with van der Waals surface area (Å²) in [7, 11) is 0. The maximum Gasteiger partial charge on any atom is 0.0671 e. The molecule has 0 saturated carbocycles. The third-order valence-electron chi connectivity index (χ3n) is 3.02. The van der Waals surface area contributed by atoms with Crippen LogP contribution in [0, 0.1) is 5.41 Å². The van der Waals surface area contributed by atoms with Crippen molar-refractivity contribution in [3.63, 3.8) is 0 Å². The third kappa shape index (κ3) is 1.77. The van der Waals surface area contributed by atoms with Crippen molar-refractivity contribution in [2.24, 2.45) is 5.41 Å². The van der Waals surface area contributed by atoms with E-state index < -0.39 is 0 Å². The van der Waals surface area contributed by atoms with E-state index >= 15 is 0 Å². The normalized spacial score (nSPS) is 42.2. The average molecular weight is 281 g/mol. The minimum atomic E-state index is 0.508. The molecule has 2 fully saturated rings. The number of piperidine rings is 1. The molecule has 2 aliphatic rings. The maximum absolute atomic E-state index is 5.75. The molecule has 2 nitrogen and oxygen atoms in total. The number of nitrogens with one attached hydrogen (secondary N) is 1. The minimum Gasteiger partial charge on any atom is -0.377 e. The van der Waals surface area contributed by atoms with Crippen molar-refractivity contribution in [2.45, 2.75) is 25.4 Å². The van der Waals surface area contributed by atoms with Gasteiger partial charge in [0.05, 0.1) is 12.7 Å². The first-order chi connectivity index (χ1) is 5.85. The fourth-order valence-corrected chi connectivity index (χ4v) is 2.89. The molecule has 0 aromatic rings. The molecule has 2 saturated heterocycles. The second-order valence-electron chi connectivity index (χ2n) is 4.07. The first-order valence-electron chi connectivity index (χ1n) is 4.73. The Bertz CT molecular complexity index is 157. The molecule has 1 spiro atoms. The van der Waals surface area contributed by atoms with Crippen LogP contribution in [-0.2, 0) is 4.74 Å². The van der Waals surface area contributed by atoms with Crippen LogP contribution in [0.25, 0.3) is 0 Å². The van der Waals surface area contributed by atoms with Gasteiger partial charge in [0.15, 0.2) is 0 Å². The maximum atomic E-state index is 5.75. The molecule has 0 aliphatic carbocycles. The van der Waals surface area contributed by atoms with Crippen LogP contribution in [0.4, 0.5) is 0 Å². The summed E-state index contributed by atoms with van der Waals surface area (Å²) in [5, 5.41) is 3.48. The van der Waals surface area contributed by atoms with Crippen LogP contribution in [0.15, 0.2) is 0 Å². The van der Waals surface area contributed by atoms with E-state index in [0.29, 0.717) is 11.5 Å². The number of halogens is 1. The number of ether oxygens (including phenoxy) is 1. The molecule has 0 aromatic heterocycles. The van der Waals surface area contributed by atoms with Crippen LogP contribution >= 0.6 is 22.6 Å². The van der Waals surface area contributed by atoms with E-state index in [9.17, 15) is 0 Å². The number of hydrogen-bond donors (Lipinski definition) is 1. The Hall–Kier alpha value is 0.650. The van der Waals surface area contributed by atoms with Crippen LogP contribution in [0.1, 0.15) is 19.3 Å². The van der Waals surface area contributed by atoms with Gasteiger partial charge in [0.25, 0.3) is 0 Å². The predicted octanol–water partition coefficient (Wildman–Crippen LogP) is 1.58. The van der Waals surface area contributed by atoms with Gasteiger partial charge in [0.1, 0.15) is 0 Å². The van der Waals surface area contributed by atoms with Gasteiger partial charge in [-0.3, -0.25) is 0 Å². The van der Waals surface area contributed by atoms with Gasteiger partial charge in [-0.15, -0.1) is 0 Å². The van der Waals surface area contributed by atoms with Gasteiger partial charge >= 0.3 is 0 Å². The molecule has 3 heteroatoms. The van der Waals surface area contributed by atoms with Crippen molar-refractivity contribution in [3.8, 4) is 0 Å². The van der Waals surface area contributed by atoms with Gasteiger partial charge in [-0.2, -0.15) is 0 Å². The lowest BCUT2D eigenvalue weighted by Crippen LogP contribution is -2.40. The van der Waals surface area contributed by atoms with Crippen molar-refractivity contribution < 1.29 is 4.74 Å². The summed E-state index contributed by atoms with van der Waals surface area (Å²) < 4.78 is 6.90. The van der Waals surface area contributed by atoms with Crippen molar-refractivity contribution in [3.05, 3.63) is 0 Å². The number of hydrogen-bond acceptors (Lipinski definition) is 2. The lowest BCUT2D eigenvalue weighted by Gasteiger charge is -2.32. The van der Waals surface area contributed by atoms with Crippen molar-refractivity contribution in [1.82, 2.24) is 5.32 Å². The highest BCUT2D eigenvalue weighted by atomic mass is 127. The van der Waals surface area contributed by atoms with E-state index in [4.69, 9.17) is 4.74 Å². The summed E-state index contributed by atoms with van der Waals surface area (Å²) in [6, 6.07) is 0. The molecular weight excluding hydrogens is 265 g/mol. The Labute approximate surface area is 87.6 Å². The number of alkyl halides is 1. The molecule has 0 amide bonds. The van der Waals surface area contributed by atoms with Gasteiger partial charge in [-0.25, -0.2) is 0 Å². The molecule has 0 bridgehead atoms. The summed E-state index contributed by atoms with van der Waals surface area (Å²) in [5.74, 6) is 0. The fraction of sp³-hybridized carbons (Fsp3) is 1.00. The Morgan fingerprint density at radius 2 is 2.50 bits per heavy atom. The van der Waals surface area contributed by atoms with Gasteiger partial charge in [0, 0.05) is 16.4 Å². The molecule has 2 atom stereocenters. The smallest absolute Gasteiger partial charge is 0.0671 e. The zero-order valence-electron chi connectivity index (χ0n) is 7.31. The lowest BCUT2D eigenvalue weighted by molar-refractivity contribution is 0.100. The lowest BCUT2D eigenvalue weighted by atomic mass is 9.79. The molecule has 1 N–H and O–H groups in total. The van der Waals surface area contributed by atoms with Gasteiger partial charge in [0.2, 0.25) is 0 Å². The monoisotopic (exact) mass is 281 g/mol. The molecule has 0 aromatic carbocycles. The predicted molar refractivity (Wildman–Crippen MR) is 57.8 cm³/mol. The van der Waals surface area contributed by atoms with E-state index in [1.165, 1.54) is 32.4 Å². The largest absolute Gasteiger partial charge is 0.377 e. The van der Waals surface area contributed by atoms with E-state index in [2.05, 4.69) is 27.9 Å². The molecule has 12 heavy (non-hydrogen) atoms. The zero-order valence-corrected chi connectivity index (χ0v) is 9.47. The fourth-order valence-electron chi connectivity index (χ4n) is 2.32. The second kappa shape index (κ2) is 3.80. The summed E-state index contributed by atoms with van der Waals surface area (Å²) in [5.41, 5.74) is 0.508. The first-order valence-corrected chi connectivity index (χ1v) is 6.26. The van der Waals surface area contributed by atoms with E-state index in [0.717, 1.165) is 11.0 Å². The highest BCUT2D eigenvalue weighted by molar-refractivity contribution is 14.1. The van der Waals surface area contributed by atoms with Crippen molar-refractivity contribution >= 4 is 22.6 Å².